The molecule has 0 radical (unpaired) electrons. The number of halogens is 3. The molecule has 0 aliphatic heterocycles. The molecule has 0 aromatic carbocycles. The predicted molar refractivity (Wildman–Crippen MR) is 48.6 cm³/mol. The molecule has 0 saturated heterocycles. The van der Waals surface area contributed by atoms with Gasteiger partial charge in [-0.1, -0.05) is 0 Å². The van der Waals surface area contributed by atoms with E-state index >= 15 is 0 Å². The fourth-order valence-corrected chi connectivity index (χ4v) is 2.26. The van der Waals surface area contributed by atoms with Crippen molar-refractivity contribution in [3.05, 3.63) is 17.5 Å². The van der Waals surface area contributed by atoms with Crippen molar-refractivity contribution in [1.82, 2.24) is 4.98 Å². The van der Waals surface area contributed by atoms with Gasteiger partial charge in [-0.05, 0) is 0 Å². The summed E-state index contributed by atoms with van der Waals surface area (Å²) in [6.45, 7) is 0. The Hall–Kier alpha value is -1.46. The SMILES string of the molecule is N#Cc1c(O)cnc(C(F)F)c1S(=O)(=O)Cl. The fraction of sp³-hybridized carbons (Fsp3) is 0.143. The largest absolute Gasteiger partial charge is 0.505 e. The quantitative estimate of drug-likeness (QED) is 0.821. The second-order valence-corrected chi connectivity index (χ2v) is 5.09. The van der Waals surface area contributed by atoms with Gasteiger partial charge in [0, 0.05) is 10.7 Å². The number of aromatic nitrogens is 1. The summed E-state index contributed by atoms with van der Waals surface area (Å²) in [6, 6.07) is 1.28. The number of nitriles is 1. The summed E-state index contributed by atoms with van der Waals surface area (Å²) >= 11 is 0. The van der Waals surface area contributed by atoms with Crippen LogP contribution in [-0.4, -0.2) is 18.5 Å². The Labute approximate surface area is 93.3 Å². The van der Waals surface area contributed by atoms with Crippen LogP contribution in [0.4, 0.5) is 8.78 Å². The summed E-state index contributed by atoms with van der Waals surface area (Å²) in [6.07, 6.45) is -2.66. The first-order valence-electron chi connectivity index (χ1n) is 3.63. The average Bonchev–Trinajstić information content (AvgIpc) is 2.15. The van der Waals surface area contributed by atoms with Gasteiger partial charge in [0.1, 0.15) is 22.2 Å². The van der Waals surface area contributed by atoms with E-state index in [-0.39, 0.29) is 0 Å². The molecule has 1 N–H and O–H groups in total. The lowest BCUT2D eigenvalue weighted by atomic mass is 10.2. The summed E-state index contributed by atoms with van der Waals surface area (Å²) in [5.41, 5.74) is -2.01. The summed E-state index contributed by atoms with van der Waals surface area (Å²) in [5.74, 6) is -0.828. The summed E-state index contributed by atoms with van der Waals surface area (Å²) in [7, 11) is 0.304. The maximum absolute atomic E-state index is 12.4. The molecule has 1 aromatic heterocycles. The van der Waals surface area contributed by atoms with Gasteiger partial charge in [0.25, 0.3) is 15.5 Å². The van der Waals surface area contributed by atoms with Gasteiger partial charge in [0.05, 0.1) is 6.20 Å². The van der Waals surface area contributed by atoms with Crippen molar-refractivity contribution in [3.63, 3.8) is 0 Å². The molecule has 0 spiro atoms. The first-order valence-corrected chi connectivity index (χ1v) is 5.94. The van der Waals surface area contributed by atoms with E-state index in [2.05, 4.69) is 4.98 Å². The third kappa shape index (κ3) is 2.20. The molecule has 0 unspecified atom stereocenters. The van der Waals surface area contributed by atoms with Crippen molar-refractivity contribution in [2.24, 2.45) is 0 Å². The Balaban J connectivity index is 3.77. The normalized spacial score (nSPS) is 11.4. The van der Waals surface area contributed by atoms with E-state index in [0.717, 1.165) is 0 Å². The van der Waals surface area contributed by atoms with Crippen LogP contribution in [0.15, 0.2) is 11.1 Å². The molecule has 0 amide bonds. The van der Waals surface area contributed by atoms with Gasteiger partial charge in [-0.2, -0.15) is 5.26 Å². The minimum Gasteiger partial charge on any atom is -0.505 e. The van der Waals surface area contributed by atoms with Crippen LogP contribution in [0.5, 0.6) is 5.75 Å². The Morgan fingerprint density at radius 1 is 1.56 bits per heavy atom. The van der Waals surface area contributed by atoms with Crippen LogP contribution >= 0.6 is 10.7 Å². The number of pyridine rings is 1. The van der Waals surface area contributed by atoms with Gasteiger partial charge < -0.3 is 5.11 Å². The molecule has 0 saturated carbocycles. The van der Waals surface area contributed by atoms with Gasteiger partial charge in [-0.15, -0.1) is 0 Å². The molecule has 0 aliphatic rings. The second-order valence-electron chi connectivity index (χ2n) is 2.58. The summed E-state index contributed by atoms with van der Waals surface area (Å²) in [5, 5.41) is 17.7. The number of alkyl halides is 2. The van der Waals surface area contributed by atoms with Gasteiger partial charge in [0.2, 0.25) is 0 Å². The average molecular weight is 269 g/mol. The lowest BCUT2D eigenvalue weighted by Crippen LogP contribution is -2.05. The van der Waals surface area contributed by atoms with E-state index in [1.165, 1.54) is 6.07 Å². The minimum absolute atomic E-state index is 0.561. The lowest BCUT2D eigenvalue weighted by Gasteiger charge is -2.07. The molecule has 86 valence electrons. The second kappa shape index (κ2) is 4.19. The molecule has 5 nitrogen and oxygen atoms in total. The number of hydrogen-bond donors (Lipinski definition) is 1. The summed E-state index contributed by atoms with van der Waals surface area (Å²) in [4.78, 5) is 1.88. The fourth-order valence-electron chi connectivity index (χ4n) is 1.01. The van der Waals surface area contributed by atoms with Crippen LogP contribution in [0, 0.1) is 11.3 Å². The van der Waals surface area contributed by atoms with Crippen LogP contribution in [0.2, 0.25) is 0 Å². The highest BCUT2D eigenvalue weighted by Crippen LogP contribution is 2.33. The molecule has 0 bridgehead atoms. The van der Waals surface area contributed by atoms with Crippen LogP contribution < -0.4 is 0 Å². The predicted octanol–water partition coefficient (Wildman–Crippen LogP) is 1.52. The number of nitrogens with zero attached hydrogens (tertiary/aromatic N) is 2. The maximum Gasteiger partial charge on any atom is 0.281 e. The van der Waals surface area contributed by atoms with Crippen LogP contribution in [0.25, 0.3) is 0 Å². The van der Waals surface area contributed by atoms with Crippen LogP contribution in [0.3, 0.4) is 0 Å². The molecular formula is C7H3ClF2N2O3S. The van der Waals surface area contributed by atoms with Crippen LogP contribution in [-0.2, 0) is 9.05 Å². The van der Waals surface area contributed by atoms with E-state index in [4.69, 9.17) is 21.1 Å². The van der Waals surface area contributed by atoms with Gasteiger partial charge in [-0.25, -0.2) is 22.2 Å². The number of hydrogen-bond acceptors (Lipinski definition) is 5. The Morgan fingerprint density at radius 3 is 2.50 bits per heavy atom. The minimum atomic E-state index is -4.60. The molecule has 1 rings (SSSR count). The highest BCUT2D eigenvalue weighted by Gasteiger charge is 2.29. The topological polar surface area (TPSA) is 91.0 Å². The third-order valence-corrected chi connectivity index (χ3v) is 2.97. The van der Waals surface area contributed by atoms with E-state index in [1.54, 1.807) is 0 Å². The van der Waals surface area contributed by atoms with Gasteiger partial charge in [0.15, 0.2) is 5.75 Å². The van der Waals surface area contributed by atoms with Crippen LogP contribution in [0.1, 0.15) is 17.7 Å². The molecule has 0 fully saturated rings. The van der Waals surface area contributed by atoms with E-state index < -0.39 is 37.4 Å². The molecule has 0 atom stereocenters. The van der Waals surface area contributed by atoms with Crippen molar-refractivity contribution in [3.8, 4) is 11.8 Å². The van der Waals surface area contributed by atoms with E-state index in [1.807, 2.05) is 0 Å². The monoisotopic (exact) mass is 268 g/mol. The zero-order valence-electron chi connectivity index (χ0n) is 7.35. The van der Waals surface area contributed by atoms with Crippen molar-refractivity contribution in [2.75, 3.05) is 0 Å². The van der Waals surface area contributed by atoms with Gasteiger partial charge in [-0.3, -0.25) is 0 Å². The van der Waals surface area contributed by atoms with Gasteiger partial charge >= 0.3 is 0 Å². The smallest absolute Gasteiger partial charge is 0.281 e. The Bertz CT molecular complexity index is 568. The molecule has 9 heteroatoms. The Kier molecular flexibility index (Phi) is 3.30. The molecule has 1 heterocycles. The van der Waals surface area contributed by atoms with Crippen molar-refractivity contribution < 1.29 is 22.3 Å². The maximum atomic E-state index is 12.4. The highest BCUT2D eigenvalue weighted by atomic mass is 35.7. The lowest BCUT2D eigenvalue weighted by molar-refractivity contribution is 0.142. The molecule has 16 heavy (non-hydrogen) atoms. The Morgan fingerprint density at radius 2 is 2.12 bits per heavy atom. The van der Waals surface area contributed by atoms with Crippen molar-refractivity contribution >= 4 is 19.7 Å². The summed E-state index contributed by atoms with van der Waals surface area (Å²) < 4.78 is 46.9. The zero-order valence-corrected chi connectivity index (χ0v) is 8.93. The number of aromatic hydroxyl groups is 1. The molecule has 0 aliphatic carbocycles. The standard InChI is InChI=1S/C7H3ClF2N2O3S/c8-16(14,15)6-3(1-11)4(13)2-12-5(6)7(9)10/h2,7,13H. The molecule has 1 aromatic rings. The van der Waals surface area contributed by atoms with E-state index in [9.17, 15) is 17.2 Å². The highest BCUT2D eigenvalue weighted by molar-refractivity contribution is 8.13. The number of rotatable bonds is 2. The first-order chi connectivity index (χ1) is 7.29. The van der Waals surface area contributed by atoms with Crippen molar-refractivity contribution in [2.45, 2.75) is 11.3 Å². The molecular weight excluding hydrogens is 266 g/mol. The first kappa shape index (κ1) is 12.6. The zero-order chi connectivity index (χ0) is 12.5. The third-order valence-electron chi connectivity index (χ3n) is 1.60. The van der Waals surface area contributed by atoms with Crippen molar-refractivity contribution in [1.29, 1.82) is 5.26 Å². The van der Waals surface area contributed by atoms with E-state index in [0.29, 0.717) is 6.20 Å².